The summed E-state index contributed by atoms with van der Waals surface area (Å²) in [7, 11) is 0. The molecule has 0 aromatic carbocycles. The largest absolute Gasteiger partial charge is 0.228 e. The predicted molar refractivity (Wildman–Crippen MR) is 48.0 cm³/mol. The fraction of sp³-hybridized carbons (Fsp3) is 0.429. The van der Waals surface area contributed by atoms with Crippen LogP contribution >= 0.6 is 23.4 Å². The number of hydrogen-bond donors (Lipinski definition) is 0. The molecule has 0 saturated heterocycles. The number of hydrogen-bond acceptors (Lipinski definition) is 3. The van der Waals surface area contributed by atoms with Crippen LogP contribution in [0, 0.1) is 5.82 Å². The van der Waals surface area contributed by atoms with Crippen LogP contribution in [0.4, 0.5) is 4.39 Å². The van der Waals surface area contributed by atoms with Gasteiger partial charge in [-0.15, -0.1) is 11.6 Å². The second-order valence-corrected chi connectivity index (χ2v) is 3.98. The molecule has 0 spiro atoms. The maximum atomic E-state index is 12.3. The topological polar surface area (TPSA) is 25.8 Å². The van der Waals surface area contributed by atoms with Crippen molar-refractivity contribution in [2.75, 3.05) is 5.88 Å². The zero-order valence-electron chi connectivity index (χ0n) is 6.50. The van der Waals surface area contributed by atoms with E-state index in [1.807, 2.05) is 6.92 Å². The second-order valence-electron chi connectivity index (χ2n) is 2.27. The molecule has 0 bridgehead atoms. The van der Waals surface area contributed by atoms with Gasteiger partial charge < -0.3 is 0 Å². The normalized spacial score (nSPS) is 12.9. The fourth-order valence-corrected chi connectivity index (χ4v) is 1.41. The van der Waals surface area contributed by atoms with Gasteiger partial charge in [-0.1, -0.05) is 18.7 Å². The number of aromatic nitrogens is 2. The van der Waals surface area contributed by atoms with Gasteiger partial charge in [0.15, 0.2) is 11.0 Å². The van der Waals surface area contributed by atoms with Crippen molar-refractivity contribution in [3.05, 3.63) is 18.2 Å². The minimum Gasteiger partial charge on any atom is -0.228 e. The molecule has 0 aliphatic heterocycles. The molecule has 1 atom stereocenters. The lowest BCUT2D eigenvalue weighted by Gasteiger charge is -2.03. The maximum Gasteiger partial charge on any atom is 0.187 e. The summed E-state index contributed by atoms with van der Waals surface area (Å²) in [5.41, 5.74) is 0. The van der Waals surface area contributed by atoms with E-state index >= 15 is 0 Å². The highest BCUT2D eigenvalue weighted by molar-refractivity contribution is 7.99. The Bertz CT molecular complexity index is 242. The van der Waals surface area contributed by atoms with Gasteiger partial charge in [0, 0.05) is 11.1 Å². The van der Waals surface area contributed by atoms with Crippen LogP contribution in [-0.2, 0) is 0 Å². The van der Waals surface area contributed by atoms with Crippen molar-refractivity contribution in [1.29, 1.82) is 0 Å². The average Bonchev–Trinajstić information content (AvgIpc) is 2.09. The summed E-state index contributed by atoms with van der Waals surface area (Å²) in [6, 6.07) is 0. The van der Waals surface area contributed by atoms with Crippen molar-refractivity contribution >= 4 is 23.4 Å². The average molecular weight is 207 g/mol. The summed E-state index contributed by atoms with van der Waals surface area (Å²) in [5, 5.41) is 0.807. The van der Waals surface area contributed by atoms with Gasteiger partial charge in [0.2, 0.25) is 0 Å². The van der Waals surface area contributed by atoms with Crippen LogP contribution in [0.2, 0.25) is 0 Å². The Kier molecular flexibility index (Phi) is 3.75. The molecule has 1 unspecified atom stereocenters. The molecule has 1 heterocycles. The van der Waals surface area contributed by atoms with Crippen LogP contribution in [0.25, 0.3) is 0 Å². The molecule has 1 aromatic heterocycles. The zero-order chi connectivity index (χ0) is 8.97. The summed E-state index contributed by atoms with van der Waals surface area (Å²) in [4.78, 5) is 7.57. The SMILES string of the molecule is CC(CCl)Sc1ncc(F)cn1. The molecule has 0 radical (unpaired) electrons. The smallest absolute Gasteiger partial charge is 0.187 e. The van der Waals surface area contributed by atoms with Crippen LogP contribution in [0.15, 0.2) is 17.6 Å². The van der Waals surface area contributed by atoms with E-state index in [-0.39, 0.29) is 5.25 Å². The van der Waals surface area contributed by atoms with Crippen LogP contribution < -0.4 is 0 Å². The molecule has 66 valence electrons. The third-order valence-electron chi connectivity index (χ3n) is 1.12. The molecule has 0 saturated carbocycles. The van der Waals surface area contributed by atoms with Gasteiger partial charge in [-0.2, -0.15) is 0 Å². The number of nitrogens with zero attached hydrogens (tertiary/aromatic N) is 2. The number of halogens is 2. The third-order valence-corrected chi connectivity index (χ3v) is 2.76. The van der Waals surface area contributed by atoms with Crippen molar-refractivity contribution in [1.82, 2.24) is 9.97 Å². The highest BCUT2D eigenvalue weighted by Gasteiger charge is 2.04. The fourth-order valence-electron chi connectivity index (χ4n) is 0.573. The van der Waals surface area contributed by atoms with Crippen LogP contribution in [0.1, 0.15) is 6.92 Å². The summed E-state index contributed by atoms with van der Waals surface area (Å²) in [6.45, 7) is 1.96. The van der Waals surface area contributed by atoms with Crippen molar-refractivity contribution < 1.29 is 4.39 Å². The van der Waals surface area contributed by atoms with E-state index in [9.17, 15) is 4.39 Å². The lowest BCUT2D eigenvalue weighted by atomic mass is 10.6. The highest BCUT2D eigenvalue weighted by Crippen LogP contribution is 2.18. The Hall–Kier alpha value is -0.350. The molecule has 1 aromatic rings. The molecule has 0 N–H and O–H groups in total. The summed E-state index contributed by atoms with van der Waals surface area (Å²) < 4.78 is 12.3. The Labute approximate surface area is 79.6 Å². The van der Waals surface area contributed by atoms with E-state index in [2.05, 4.69) is 9.97 Å². The van der Waals surface area contributed by atoms with E-state index in [4.69, 9.17) is 11.6 Å². The van der Waals surface area contributed by atoms with E-state index in [1.165, 1.54) is 11.8 Å². The first-order valence-electron chi connectivity index (χ1n) is 3.42. The summed E-state index contributed by atoms with van der Waals surface area (Å²) in [6.07, 6.45) is 2.30. The molecular weight excluding hydrogens is 199 g/mol. The lowest BCUT2D eigenvalue weighted by molar-refractivity contribution is 0.605. The van der Waals surface area contributed by atoms with Gasteiger partial charge in [0.25, 0.3) is 0 Å². The first kappa shape index (κ1) is 9.74. The molecular formula is C7H8ClFN2S. The first-order chi connectivity index (χ1) is 5.72. The minimum absolute atomic E-state index is 0.247. The Morgan fingerprint density at radius 2 is 2.17 bits per heavy atom. The van der Waals surface area contributed by atoms with E-state index in [0.29, 0.717) is 11.0 Å². The van der Waals surface area contributed by atoms with Crippen molar-refractivity contribution in [3.8, 4) is 0 Å². The first-order valence-corrected chi connectivity index (χ1v) is 4.84. The van der Waals surface area contributed by atoms with E-state index < -0.39 is 5.82 Å². The summed E-state index contributed by atoms with van der Waals surface area (Å²) in [5.74, 6) is 0.115. The standard InChI is InChI=1S/C7H8ClFN2S/c1-5(2-8)12-7-10-3-6(9)4-11-7/h3-5H,2H2,1H3. The minimum atomic E-state index is -0.419. The van der Waals surface area contributed by atoms with Gasteiger partial charge in [0.05, 0.1) is 12.4 Å². The number of alkyl halides is 1. The van der Waals surface area contributed by atoms with Crippen molar-refractivity contribution in [2.45, 2.75) is 17.3 Å². The molecule has 2 nitrogen and oxygen atoms in total. The monoisotopic (exact) mass is 206 g/mol. The Morgan fingerprint density at radius 1 is 1.58 bits per heavy atom. The summed E-state index contributed by atoms with van der Waals surface area (Å²) >= 11 is 7.01. The maximum absolute atomic E-state index is 12.3. The van der Waals surface area contributed by atoms with Gasteiger partial charge in [-0.05, 0) is 0 Å². The molecule has 1 rings (SSSR count). The molecule has 0 fully saturated rings. The second kappa shape index (κ2) is 4.62. The quantitative estimate of drug-likeness (QED) is 0.431. The predicted octanol–water partition coefficient (Wildman–Crippen LogP) is 2.34. The lowest BCUT2D eigenvalue weighted by Crippen LogP contribution is -1.99. The van der Waals surface area contributed by atoms with Gasteiger partial charge in [-0.25, -0.2) is 14.4 Å². The third kappa shape index (κ3) is 2.95. The molecule has 0 amide bonds. The number of thioether (sulfide) groups is 1. The van der Waals surface area contributed by atoms with Crippen molar-refractivity contribution in [2.24, 2.45) is 0 Å². The van der Waals surface area contributed by atoms with Crippen LogP contribution in [0.5, 0.6) is 0 Å². The Balaban J connectivity index is 2.58. The van der Waals surface area contributed by atoms with Gasteiger partial charge >= 0.3 is 0 Å². The van der Waals surface area contributed by atoms with Crippen LogP contribution in [0.3, 0.4) is 0 Å². The zero-order valence-corrected chi connectivity index (χ0v) is 8.07. The molecule has 12 heavy (non-hydrogen) atoms. The highest BCUT2D eigenvalue weighted by atomic mass is 35.5. The Morgan fingerprint density at radius 3 is 2.67 bits per heavy atom. The molecule has 5 heteroatoms. The number of rotatable bonds is 3. The molecule has 0 aliphatic carbocycles. The molecule has 0 aliphatic rings. The van der Waals surface area contributed by atoms with Crippen molar-refractivity contribution in [3.63, 3.8) is 0 Å². The van der Waals surface area contributed by atoms with E-state index in [1.54, 1.807) is 0 Å². The van der Waals surface area contributed by atoms with E-state index in [0.717, 1.165) is 12.4 Å². The van der Waals surface area contributed by atoms with Gasteiger partial charge in [-0.3, -0.25) is 0 Å². The van der Waals surface area contributed by atoms with Crippen LogP contribution in [-0.4, -0.2) is 21.1 Å². The van der Waals surface area contributed by atoms with Gasteiger partial charge in [0.1, 0.15) is 0 Å².